The summed E-state index contributed by atoms with van der Waals surface area (Å²) in [6.07, 6.45) is 2.84. The van der Waals surface area contributed by atoms with Crippen LogP contribution in [0.3, 0.4) is 0 Å². The number of carbonyl (C=O) groups excluding carboxylic acids is 2. The fraction of sp³-hybridized carbons (Fsp3) is 0.857. The summed E-state index contributed by atoms with van der Waals surface area (Å²) < 4.78 is 4.83. The first-order valence-corrected chi connectivity index (χ1v) is 7.36. The van der Waals surface area contributed by atoms with Gasteiger partial charge in [0.15, 0.2) is 0 Å². The van der Waals surface area contributed by atoms with Crippen LogP contribution in [0.15, 0.2) is 0 Å². The van der Waals surface area contributed by atoms with Gasteiger partial charge in [0.1, 0.15) is 0 Å². The van der Waals surface area contributed by atoms with E-state index in [0.29, 0.717) is 31.4 Å². The SMILES string of the molecule is COCCNC(=O)CNC(=O)CC(C)C1CCCNC1. The third kappa shape index (κ3) is 6.86. The molecule has 0 spiro atoms. The van der Waals surface area contributed by atoms with E-state index in [1.807, 2.05) is 0 Å². The van der Waals surface area contributed by atoms with E-state index in [-0.39, 0.29) is 18.4 Å². The quantitative estimate of drug-likeness (QED) is 0.544. The van der Waals surface area contributed by atoms with Gasteiger partial charge in [0.05, 0.1) is 13.2 Å². The standard InChI is InChI=1S/C14H27N3O3/c1-11(12-4-3-5-15-9-12)8-13(18)17-10-14(19)16-6-7-20-2/h11-12,15H,3-10H2,1-2H3,(H,16,19)(H,17,18). The lowest BCUT2D eigenvalue weighted by Gasteiger charge is -2.27. The summed E-state index contributed by atoms with van der Waals surface area (Å²) in [5, 5.41) is 8.69. The van der Waals surface area contributed by atoms with Crippen LogP contribution in [-0.2, 0) is 14.3 Å². The van der Waals surface area contributed by atoms with Gasteiger partial charge in [-0.25, -0.2) is 0 Å². The first-order valence-electron chi connectivity index (χ1n) is 7.36. The topological polar surface area (TPSA) is 79.5 Å². The van der Waals surface area contributed by atoms with Crippen LogP contribution >= 0.6 is 0 Å². The molecule has 0 aromatic rings. The van der Waals surface area contributed by atoms with Crippen molar-refractivity contribution >= 4 is 11.8 Å². The van der Waals surface area contributed by atoms with Crippen molar-refractivity contribution in [2.45, 2.75) is 26.2 Å². The van der Waals surface area contributed by atoms with Crippen LogP contribution in [0.5, 0.6) is 0 Å². The van der Waals surface area contributed by atoms with Gasteiger partial charge in [0.2, 0.25) is 11.8 Å². The zero-order chi connectivity index (χ0) is 14.8. The van der Waals surface area contributed by atoms with Gasteiger partial charge >= 0.3 is 0 Å². The van der Waals surface area contributed by atoms with Crippen LogP contribution in [0.1, 0.15) is 26.2 Å². The van der Waals surface area contributed by atoms with E-state index >= 15 is 0 Å². The maximum absolute atomic E-state index is 11.8. The molecule has 6 heteroatoms. The highest BCUT2D eigenvalue weighted by atomic mass is 16.5. The van der Waals surface area contributed by atoms with E-state index in [0.717, 1.165) is 13.1 Å². The Balaban J connectivity index is 2.14. The Morgan fingerprint density at radius 2 is 2.15 bits per heavy atom. The molecule has 2 unspecified atom stereocenters. The first-order chi connectivity index (χ1) is 9.63. The molecule has 1 aliphatic rings. The summed E-state index contributed by atoms with van der Waals surface area (Å²) in [6, 6.07) is 0. The molecule has 2 atom stereocenters. The van der Waals surface area contributed by atoms with Crippen molar-refractivity contribution in [3.05, 3.63) is 0 Å². The summed E-state index contributed by atoms with van der Waals surface area (Å²) in [5.74, 6) is 0.678. The number of ether oxygens (including phenoxy) is 1. The van der Waals surface area contributed by atoms with Gasteiger partial charge in [0, 0.05) is 20.1 Å². The van der Waals surface area contributed by atoms with E-state index in [9.17, 15) is 9.59 Å². The molecule has 116 valence electrons. The molecule has 1 heterocycles. The number of carbonyl (C=O) groups is 2. The minimum Gasteiger partial charge on any atom is -0.383 e. The molecule has 0 saturated carbocycles. The van der Waals surface area contributed by atoms with Crippen molar-refractivity contribution in [3.63, 3.8) is 0 Å². The average Bonchev–Trinajstić information content (AvgIpc) is 2.46. The molecule has 2 amide bonds. The van der Waals surface area contributed by atoms with Crippen LogP contribution in [-0.4, -0.2) is 51.7 Å². The van der Waals surface area contributed by atoms with Gasteiger partial charge in [-0.1, -0.05) is 6.92 Å². The van der Waals surface area contributed by atoms with E-state index < -0.39 is 0 Å². The maximum atomic E-state index is 11.8. The molecule has 0 bridgehead atoms. The normalized spacial score (nSPS) is 20.2. The van der Waals surface area contributed by atoms with Crippen LogP contribution in [0.4, 0.5) is 0 Å². The predicted molar refractivity (Wildman–Crippen MR) is 77.3 cm³/mol. The number of rotatable bonds is 8. The third-order valence-corrected chi connectivity index (χ3v) is 3.72. The highest BCUT2D eigenvalue weighted by Gasteiger charge is 2.22. The van der Waals surface area contributed by atoms with Gasteiger partial charge in [-0.2, -0.15) is 0 Å². The molecule has 1 fully saturated rings. The van der Waals surface area contributed by atoms with Crippen molar-refractivity contribution in [1.82, 2.24) is 16.0 Å². The molecule has 0 aliphatic carbocycles. The third-order valence-electron chi connectivity index (χ3n) is 3.72. The molecule has 1 rings (SSSR count). The summed E-state index contributed by atoms with van der Waals surface area (Å²) in [7, 11) is 1.58. The van der Waals surface area contributed by atoms with E-state index in [4.69, 9.17) is 4.74 Å². The Morgan fingerprint density at radius 1 is 1.35 bits per heavy atom. The molecular formula is C14H27N3O3. The van der Waals surface area contributed by atoms with Gasteiger partial charge in [-0.05, 0) is 37.8 Å². The molecular weight excluding hydrogens is 258 g/mol. The largest absolute Gasteiger partial charge is 0.383 e. The molecule has 6 nitrogen and oxygen atoms in total. The second-order valence-corrected chi connectivity index (χ2v) is 5.41. The number of amides is 2. The summed E-state index contributed by atoms with van der Waals surface area (Å²) in [5.41, 5.74) is 0. The van der Waals surface area contributed by atoms with Gasteiger partial charge in [0.25, 0.3) is 0 Å². The van der Waals surface area contributed by atoms with E-state index in [1.54, 1.807) is 7.11 Å². The second-order valence-electron chi connectivity index (χ2n) is 5.41. The number of methoxy groups -OCH3 is 1. The van der Waals surface area contributed by atoms with Gasteiger partial charge in [-0.15, -0.1) is 0 Å². The molecule has 3 N–H and O–H groups in total. The zero-order valence-corrected chi connectivity index (χ0v) is 12.5. The Hall–Kier alpha value is -1.14. The van der Waals surface area contributed by atoms with E-state index in [2.05, 4.69) is 22.9 Å². The Morgan fingerprint density at radius 3 is 2.80 bits per heavy atom. The molecule has 1 saturated heterocycles. The molecule has 0 aromatic carbocycles. The zero-order valence-electron chi connectivity index (χ0n) is 12.5. The van der Waals surface area contributed by atoms with Gasteiger partial charge < -0.3 is 20.7 Å². The maximum Gasteiger partial charge on any atom is 0.239 e. The lowest BCUT2D eigenvalue weighted by Crippen LogP contribution is -2.40. The van der Waals surface area contributed by atoms with E-state index in [1.165, 1.54) is 12.8 Å². The smallest absolute Gasteiger partial charge is 0.239 e. The number of hydrogen-bond donors (Lipinski definition) is 3. The summed E-state index contributed by atoms with van der Waals surface area (Å²) in [6.45, 7) is 5.16. The van der Waals surface area contributed by atoms with Crippen molar-refractivity contribution in [2.24, 2.45) is 11.8 Å². The predicted octanol–water partition coefficient (Wildman–Crippen LogP) is -0.109. The molecule has 0 radical (unpaired) electrons. The van der Waals surface area contributed by atoms with Crippen molar-refractivity contribution in [1.29, 1.82) is 0 Å². The second kappa shape index (κ2) is 9.72. The molecule has 1 aliphatic heterocycles. The average molecular weight is 285 g/mol. The van der Waals surface area contributed by atoms with Crippen LogP contribution in [0.25, 0.3) is 0 Å². The van der Waals surface area contributed by atoms with Crippen LogP contribution in [0, 0.1) is 11.8 Å². The molecule has 0 aromatic heterocycles. The summed E-state index contributed by atoms with van der Waals surface area (Å²) >= 11 is 0. The highest BCUT2D eigenvalue weighted by Crippen LogP contribution is 2.22. The van der Waals surface area contributed by atoms with Crippen molar-refractivity contribution < 1.29 is 14.3 Å². The lowest BCUT2D eigenvalue weighted by molar-refractivity contribution is -0.126. The molecule has 20 heavy (non-hydrogen) atoms. The minimum atomic E-state index is -0.178. The van der Waals surface area contributed by atoms with Crippen molar-refractivity contribution in [2.75, 3.05) is 39.9 Å². The fourth-order valence-corrected chi connectivity index (χ4v) is 2.43. The lowest BCUT2D eigenvalue weighted by atomic mass is 9.85. The Bertz CT molecular complexity index is 304. The number of hydrogen-bond acceptors (Lipinski definition) is 4. The van der Waals surface area contributed by atoms with Crippen LogP contribution in [0.2, 0.25) is 0 Å². The minimum absolute atomic E-state index is 0.0399. The van der Waals surface area contributed by atoms with Gasteiger partial charge in [-0.3, -0.25) is 9.59 Å². The number of piperidine rings is 1. The summed E-state index contributed by atoms with van der Waals surface area (Å²) in [4.78, 5) is 23.2. The Labute approximate surface area is 121 Å². The Kier molecular flexibility index (Phi) is 8.22. The first kappa shape index (κ1) is 16.9. The van der Waals surface area contributed by atoms with Crippen molar-refractivity contribution in [3.8, 4) is 0 Å². The highest BCUT2D eigenvalue weighted by molar-refractivity contribution is 5.84. The fourth-order valence-electron chi connectivity index (χ4n) is 2.43. The number of nitrogens with one attached hydrogen (secondary N) is 3. The monoisotopic (exact) mass is 285 g/mol. The van der Waals surface area contributed by atoms with Crippen LogP contribution < -0.4 is 16.0 Å².